The molecule has 0 radical (unpaired) electrons. The summed E-state index contributed by atoms with van der Waals surface area (Å²) in [7, 11) is 1.68. The Morgan fingerprint density at radius 2 is 1.71 bits per heavy atom. The average Bonchev–Trinajstić information content (AvgIpc) is 3.81. The van der Waals surface area contributed by atoms with Crippen molar-refractivity contribution in [3.05, 3.63) is 54.2 Å². The van der Waals surface area contributed by atoms with Crippen LogP contribution in [0.1, 0.15) is 101 Å². The number of aromatic nitrogens is 4. The molecule has 3 aromatic rings. The van der Waals surface area contributed by atoms with Crippen LogP contribution in [0.5, 0.6) is 5.75 Å². The number of methoxy groups -OCH3 is 1. The fourth-order valence-electron chi connectivity index (χ4n) is 7.09. The van der Waals surface area contributed by atoms with Crippen molar-refractivity contribution in [1.29, 1.82) is 0 Å². The summed E-state index contributed by atoms with van der Waals surface area (Å²) in [5, 5.41) is 4.58. The van der Waals surface area contributed by atoms with Crippen LogP contribution >= 0.6 is 0 Å². The zero-order valence-electron chi connectivity index (χ0n) is 27.0. The molecule has 0 saturated heterocycles. The van der Waals surface area contributed by atoms with E-state index in [1.54, 1.807) is 7.11 Å². The molecule has 9 nitrogen and oxygen atoms in total. The molecule has 240 valence electrons. The summed E-state index contributed by atoms with van der Waals surface area (Å²) < 4.78 is 12.9. The molecule has 0 bridgehead atoms. The van der Waals surface area contributed by atoms with Crippen LogP contribution < -0.4 is 9.64 Å². The highest BCUT2D eigenvalue weighted by Gasteiger charge is 2.35. The summed E-state index contributed by atoms with van der Waals surface area (Å²) in [5.41, 5.74) is 4.13. The molecule has 45 heavy (non-hydrogen) atoms. The molecule has 0 unspecified atom stereocenters. The summed E-state index contributed by atoms with van der Waals surface area (Å²) in [5.74, 6) is 2.12. The lowest BCUT2D eigenvalue weighted by Crippen LogP contribution is -2.42. The first kappa shape index (κ1) is 31.2. The molecular formula is C36H47N5O4. The molecule has 3 aromatic heterocycles. The zero-order valence-corrected chi connectivity index (χ0v) is 27.0. The molecule has 1 amide bonds. The Labute approximate surface area is 266 Å². The molecule has 0 N–H and O–H groups in total. The minimum Gasteiger partial charge on any atom is -0.495 e. The van der Waals surface area contributed by atoms with E-state index in [9.17, 15) is 9.59 Å². The van der Waals surface area contributed by atoms with Gasteiger partial charge in [0.05, 0.1) is 37.6 Å². The van der Waals surface area contributed by atoms with Gasteiger partial charge in [0.1, 0.15) is 11.6 Å². The van der Waals surface area contributed by atoms with Gasteiger partial charge in [-0.3, -0.25) is 24.2 Å². The number of nitrogens with zero attached hydrogens (tertiary/aromatic N) is 5. The average molecular weight is 614 g/mol. The minimum absolute atomic E-state index is 0.107. The summed E-state index contributed by atoms with van der Waals surface area (Å²) in [6.45, 7) is 5.11. The van der Waals surface area contributed by atoms with Crippen LogP contribution in [0.3, 0.4) is 0 Å². The van der Waals surface area contributed by atoms with Gasteiger partial charge in [-0.1, -0.05) is 6.92 Å². The number of ether oxygens (including phenoxy) is 2. The van der Waals surface area contributed by atoms with Crippen LogP contribution in [0.2, 0.25) is 0 Å². The lowest BCUT2D eigenvalue weighted by molar-refractivity contribution is -0.150. The van der Waals surface area contributed by atoms with Crippen LogP contribution in [0.4, 0.5) is 5.82 Å². The summed E-state index contributed by atoms with van der Waals surface area (Å²) in [6.07, 6.45) is 16.0. The fraction of sp³-hybridized carbons (Fsp3) is 0.583. The smallest absolute Gasteiger partial charge is 0.308 e. The zero-order chi connectivity index (χ0) is 31.3. The van der Waals surface area contributed by atoms with Crippen LogP contribution in [0.15, 0.2) is 42.9 Å². The number of aryl methyl sites for hydroxylation is 1. The molecule has 0 spiro atoms. The van der Waals surface area contributed by atoms with E-state index in [2.05, 4.69) is 28.1 Å². The number of rotatable bonds is 11. The van der Waals surface area contributed by atoms with Gasteiger partial charge >= 0.3 is 5.97 Å². The quantitative estimate of drug-likeness (QED) is 0.214. The van der Waals surface area contributed by atoms with E-state index in [1.807, 2.05) is 43.3 Å². The van der Waals surface area contributed by atoms with E-state index in [1.165, 1.54) is 12.8 Å². The van der Waals surface area contributed by atoms with Crippen molar-refractivity contribution in [2.24, 2.45) is 17.8 Å². The molecule has 3 aliphatic rings. The minimum atomic E-state index is -0.119. The first-order valence-electron chi connectivity index (χ1n) is 16.9. The van der Waals surface area contributed by atoms with Crippen LogP contribution in [0.25, 0.3) is 11.1 Å². The SMILES string of the molecule is CCCOC(=O)C1CCC(C(=O)N(CC2CCC(c3ccc(OC)c(C)n3)CC2)c2cc(-c3cnn(C4CC4)c3)ccn2)CC1. The Morgan fingerprint density at radius 3 is 2.40 bits per heavy atom. The molecule has 0 atom stereocenters. The predicted molar refractivity (Wildman–Crippen MR) is 173 cm³/mol. The number of amides is 1. The van der Waals surface area contributed by atoms with Crippen molar-refractivity contribution in [3.8, 4) is 16.9 Å². The number of esters is 1. The van der Waals surface area contributed by atoms with Crippen molar-refractivity contribution in [3.63, 3.8) is 0 Å². The number of anilines is 1. The van der Waals surface area contributed by atoms with Gasteiger partial charge in [-0.2, -0.15) is 5.10 Å². The molecular weight excluding hydrogens is 566 g/mol. The van der Waals surface area contributed by atoms with Gasteiger partial charge in [-0.05, 0) is 113 Å². The van der Waals surface area contributed by atoms with E-state index in [-0.39, 0.29) is 23.7 Å². The highest BCUT2D eigenvalue weighted by molar-refractivity contribution is 5.95. The molecule has 3 aliphatic carbocycles. The molecule has 6 rings (SSSR count). The van der Waals surface area contributed by atoms with E-state index < -0.39 is 0 Å². The third-order valence-electron chi connectivity index (χ3n) is 9.99. The molecule has 0 aliphatic heterocycles. The van der Waals surface area contributed by atoms with Crippen molar-refractivity contribution in [2.45, 2.75) is 96.4 Å². The second kappa shape index (κ2) is 14.1. The van der Waals surface area contributed by atoms with Gasteiger partial charge in [0.25, 0.3) is 0 Å². The summed E-state index contributed by atoms with van der Waals surface area (Å²) in [4.78, 5) is 38.3. The second-order valence-electron chi connectivity index (χ2n) is 13.2. The normalized spacial score (nSPS) is 23.4. The standard InChI is InChI=1S/C36H47N5O4/c1-4-19-45-36(43)28-11-9-27(10-12-28)35(42)40(34-20-29(17-18-37-34)30-21-38-41(23-30)31-13-14-31)22-25-5-7-26(8-6-25)32-15-16-33(44-3)24(2)39-32/h15-18,20-21,23,25-28,31H,4-14,19,22H2,1-3H3. The highest BCUT2D eigenvalue weighted by Crippen LogP contribution is 2.39. The van der Waals surface area contributed by atoms with Crippen molar-refractivity contribution in [1.82, 2.24) is 19.7 Å². The number of carbonyl (C=O) groups excluding carboxylic acids is 2. The van der Waals surface area contributed by atoms with Crippen LogP contribution in [-0.4, -0.2) is 51.9 Å². The molecule has 3 heterocycles. The molecule has 0 aromatic carbocycles. The van der Waals surface area contributed by atoms with Crippen LogP contribution in [0, 0.1) is 24.7 Å². The Morgan fingerprint density at radius 1 is 0.956 bits per heavy atom. The maximum atomic E-state index is 14.3. The van der Waals surface area contributed by atoms with Gasteiger partial charge < -0.3 is 9.47 Å². The Kier molecular flexibility index (Phi) is 9.81. The van der Waals surface area contributed by atoms with Crippen molar-refractivity contribution in [2.75, 3.05) is 25.2 Å². The van der Waals surface area contributed by atoms with E-state index >= 15 is 0 Å². The topological polar surface area (TPSA) is 99.4 Å². The van der Waals surface area contributed by atoms with Gasteiger partial charge in [-0.15, -0.1) is 0 Å². The van der Waals surface area contributed by atoms with Gasteiger partial charge in [0.2, 0.25) is 5.91 Å². The Bertz CT molecular complexity index is 1470. The molecule has 3 saturated carbocycles. The van der Waals surface area contributed by atoms with Crippen LogP contribution in [-0.2, 0) is 14.3 Å². The Balaban J connectivity index is 1.17. The fourth-order valence-corrected chi connectivity index (χ4v) is 7.09. The summed E-state index contributed by atoms with van der Waals surface area (Å²) >= 11 is 0. The molecule has 3 fully saturated rings. The largest absolute Gasteiger partial charge is 0.495 e. The lowest BCUT2D eigenvalue weighted by Gasteiger charge is -2.35. The highest BCUT2D eigenvalue weighted by atomic mass is 16.5. The van der Waals surface area contributed by atoms with E-state index in [4.69, 9.17) is 19.4 Å². The number of pyridine rings is 2. The van der Waals surface area contributed by atoms with Crippen molar-refractivity contribution >= 4 is 17.7 Å². The summed E-state index contributed by atoms with van der Waals surface area (Å²) in [6, 6.07) is 8.69. The predicted octanol–water partition coefficient (Wildman–Crippen LogP) is 7.06. The van der Waals surface area contributed by atoms with E-state index in [0.717, 1.165) is 60.4 Å². The maximum Gasteiger partial charge on any atom is 0.308 e. The van der Waals surface area contributed by atoms with Crippen molar-refractivity contribution < 1.29 is 19.1 Å². The Hall–Kier alpha value is -3.75. The second-order valence-corrected chi connectivity index (χ2v) is 13.2. The first-order chi connectivity index (χ1) is 21.9. The van der Waals surface area contributed by atoms with E-state index in [0.29, 0.717) is 62.5 Å². The third-order valence-corrected chi connectivity index (χ3v) is 9.99. The van der Waals surface area contributed by atoms with Gasteiger partial charge in [0.15, 0.2) is 0 Å². The first-order valence-corrected chi connectivity index (χ1v) is 16.9. The number of hydrogen-bond acceptors (Lipinski definition) is 7. The maximum absolute atomic E-state index is 14.3. The van der Waals surface area contributed by atoms with Gasteiger partial charge in [-0.25, -0.2) is 4.98 Å². The monoisotopic (exact) mass is 613 g/mol. The number of hydrogen-bond donors (Lipinski definition) is 0. The third kappa shape index (κ3) is 7.39. The van der Waals surface area contributed by atoms with Gasteiger partial charge in [0, 0.05) is 42.0 Å². The number of carbonyl (C=O) groups is 2. The lowest BCUT2D eigenvalue weighted by atomic mass is 9.79. The molecule has 9 heteroatoms.